The lowest BCUT2D eigenvalue weighted by atomic mass is 10.3. The van der Waals surface area contributed by atoms with Crippen LogP contribution in [0.5, 0.6) is 0 Å². The summed E-state index contributed by atoms with van der Waals surface area (Å²) in [5.41, 5.74) is 0. The van der Waals surface area contributed by atoms with Crippen molar-refractivity contribution in [2.75, 3.05) is 13.1 Å². The number of nitriles is 1. The molecule has 2 N–H and O–H groups in total. The van der Waals surface area contributed by atoms with Crippen molar-refractivity contribution in [2.45, 2.75) is 26.2 Å². The maximum Gasteiger partial charge on any atom is 0.234 e. The number of nitrogens with zero attached hydrogens (tertiary/aromatic N) is 1. The van der Waals surface area contributed by atoms with Crippen LogP contribution >= 0.6 is 0 Å². The van der Waals surface area contributed by atoms with Crippen LogP contribution in [0.4, 0.5) is 0 Å². The Kier molecular flexibility index (Phi) is 7.15. The summed E-state index contributed by atoms with van der Waals surface area (Å²) in [6.45, 7) is 2.91. The average molecular weight is 197 g/mol. The summed E-state index contributed by atoms with van der Waals surface area (Å²) in [4.78, 5) is 21.8. The van der Waals surface area contributed by atoms with Gasteiger partial charge in [0.15, 0.2) is 0 Å². The maximum absolute atomic E-state index is 11.0. The van der Waals surface area contributed by atoms with Gasteiger partial charge in [-0.3, -0.25) is 9.59 Å². The lowest BCUT2D eigenvalue weighted by Gasteiger charge is -2.03. The first-order valence-corrected chi connectivity index (χ1v) is 4.61. The minimum atomic E-state index is -0.337. The van der Waals surface area contributed by atoms with Crippen LogP contribution in [0.3, 0.4) is 0 Å². The molecule has 0 aromatic heterocycles. The van der Waals surface area contributed by atoms with Crippen molar-refractivity contribution in [3.63, 3.8) is 0 Å². The van der Waals surface area contributed by atoms with E-state index in [-0.39, 0.29) is 31.2 Å². The molecule has 2 amide bonds. The maximum atomic E-state index is 11.0. The third kappa shape index (κ3) is 7.10. The standard InChI is InChI=1S/C9H15N3O2/c1-2-6-11-9(14)4-7-12-8(13)3-5-10/h2-4,6-7H2,1H3,(H,11,14)(H,12,13). The Morgan fingerprint density at radius 1 is 1.21 bits per heavy atom. The number of carbonyl (C=O) groups excluding carboxylic acids is 2. The van der Waals surface area contributed by atoms with Gasteiger partial charge in [0.05, 0.1) is 6.07 Å². The zero-order valence-corrected chi connectivity index (χ0v) is 8.30. The van der Waals surface area contributed by atoms with Gasteiger partial charge in [-0.2, -0.15) is 5.26 Å². The highest BCUT2D eigenvalue weighted by Gasteiger charge is 2.02. The second kappa shape index (κ2) is 8.05. The average Bonchev–Trinajstić information content (AvgIpc) is 2.15. The number of carbonyl (C=O) groups is 2. The molecule has 0 aromatic carbocycles. The summed E-state index contributed by atoms with van der Waals surface area (Å²) in [6.07, 6.45) is 1.00. The number of hydrogen-bond donors (Lipinski definition) is 2. The molecule has 0 aliphatic carbocycles. The molecule has 0 aliphatic rings. The normalized spacial score (nSPS) is 8.86. The fraction of sp³-hybridized carbons (Fsp3) is 0.667. The molecule has 0 unspecified atom stereocenters. The monoisotopic (exact) mass is 197 g/mol. The Morgan fingerprint density at radius 2 is 1.86 bits per heavy atom. The van der Waals surface area contributed by atoms with Gasteiger partial charge in [-0.05, 0) is 6.42 Å². The minimum Gasteiger partial charge on any atom is -0.356 e. The molecule has 78 valence electrons. The van der Waals surface area contributed by atoms with Gasteiger partial charge in [-0.15, -0.1) is 0 Å². The van der Waals surface area contributed by atoms with Gasteiger partial charge in [0.25, 0.3) is 0 Å². The molecular weight excluding hydrogens is 182 g/mol. The van der Waals surface area contributed by atoms with Gasteiger partial charge in [-0.25, -0.2) is 0 Å². The van der Waals surface area contributed by atoms with Crippen molar-refractivity contribution in [3.05, 3.63) is 0 Å². The zero-order valence-electron chi connectivity index (χ0n) is 8.30. The van der Waals surface area contributed by atoms with E-state index in [2.05, 4.69) is 10.6 Å². The third-order valence-electron chi connectivity index (χ3n) is 1.49. The third-order valence-corrected chi connectivity index (χ3v) is 1.49. The fourth-order valence-electron chi connectivity index (χ4n) is 0.803. The summed E-state index contributed by atoms with van der Waals surface area (Å²) >= 11 is 0. The van der Waals surface area contributed by atoms with E-state index in [1.54, 1.807) is 6.07 Å². The van der Waals surface area contributed by atoms with Crippen LogP contribution < -0.4 is 10.6 Å². The van der Waals surface area contributed by atoms with Crippen LogP contribution in [0.25, 0.3) is 0 Å². The van der Waals surface area contributed by atoms with Gasteiger partial charge in [0, 0.05) is 19.5 Å². The highest BCUT2D eigenvalue weighted by molar-refractivity contribution is 5.79. The van der Waals surface area contributed by atoms with Gasteiger partial charge in [0.2, 0.25) is 11.8 Å². The van der Waals surface area contributed by atoms with Crippen LogP contribution in [-0.2, 0) is 9.59 Å². The number of rotatable bonds is 6. The van der Waals surface area contributed by atoms with Crippen LogP contribution in [0.1, 0.15) is 26.2 Å². The first-order valence-electron chi connectivity index (χ1n) is 4.61. The zero-order chi connectivity index (χ0) is 10.8. The molecule has 5 heteroatoms. The van der Waals surface area contributed by atoms with E-state index in [1.807, 2.05) is 6.92 Å². The van der Waals surface area contributed by atoms with Crippen LogP contribution in [0.2, 0.25) is 0 Å². The molecule has 0 aromatic rings. The minimum absolute atomic E-state index is 0.0795. The Balaban J connectivity index is 3.40. The predicted molar refractivity (Wildman–Crippen MR) is 51.2 cm³/mol. The SMILES string of the molecule is CCCNC(=O)CCNC(=O)CC#N. The van der Waals surface area contributed by atoms with Crippen molar-refractivity contribution in [3.8, 4) is 6.07 Å². The highest BCUT2D eigenvalue weighted by atomic mass is 16.2. The second-order valence-electron chi connectivity index (χ2n) is 2.78. The van der Waals surface area contributed by atoms with Crippen molar-refractivity contribution in [2.24, 2.45) is 0 Å². The van der Waals surface area contributed by atoms with E-state index >= 15 is 0 Å². The fourth-order valence-corrected chi connectivity index (χ4v) is 0.803. The van der Waals surface area contributed by atoms with Crippen molar-refractivity contribution < 1.29 is 9.59 Å². The Morgan fingerprint density at radius 3 is 2.43 bits per heavy atom. The Bertz CT molecular complexity index is 233. The van der Waals surface area contributed by atoms with E-state index in [0.717, 1.165) is 6.42 Å². The molecule has 0 bridgehead atoms. The van der Waals surface area contributed by atoms with Crippen LogP contribution in [0.15, 0.2) is 0 Å². The largest absolute Gasteiger partial charge is 0.356 e. The Hall–Kier alpha value is -1.57. The molecule has 0 saturated carbocycles. The van der Waals surface area contributed by atoms with E-state index < -0.39 is 0 Å². The molecule has 0 fully saturated rings. The van der Waals surface area contributed by atoms with Crippen LogP contribution in [-0.4, -0.2) is 24.9 Å². The number of nitrogens with one attached hydrogen (secondary N) is 2. The summed E-state index contributed by atoms with van der Waals surface area (Å²) in [6, 6.07) is 1.73. The van der Waals surface area contributed by atoms with E-state index in [1.165, 1.54) is 0 Å². The molecule has 0 radical (unpaired) electrons. The topological polar surface area (TPSA) is 82.0 Å². The molecule has 14 heavy (non-hydrogen) atoms. The lowest BCUT2D eigenvalue weighted by molar-refractivity contribution is -0.121. The summed E-state index contributed by atoms with van der Waals surface area (Å²) in [7, 11) is 0. The first-order chi connectivity index (χ1) is 6.70. The lowest BCUT2D eigenvalue weighted by Crippen LogP contribution is -2.30. The summed E-state index contributed by atoms with van der Waals surface area (Å²) < 4.78 is 0. The van der Waals surface area contributed by atoms with E-state index in [4.69, 9.17) is 5.26 Å². The van der Waals surface area contributed by atoms with E-state index in [9.17, 15) is 9.59 Å². The predicted octanol–water partition coefficient (Wildman–Crippen LogP) is -0.0674. The quantitative estimate of drug-likeness (QED) is 0.625. The van der Waals surface area contributed by atoms with Gasteiger partial charge < -0.3 is 10.6 Å². The number of hydrogen-bond acceptors (Lipinski definition) is 3. The van der Waals surface area contributed by atoms with Crippen molar-refractivity contribution in [1.29, 1.82) is 5.26 Å². The molecule has 0 rings (SSSR count). The number of amides is 2. The molecule has 0 saturated heterocycles. The van der Waals surface area contributed by atoms with Crippen molar-refractivity contribution in [1.82, 2.24) is 10.6 Å². The summed E-state index contributed by atoms with van der Waals surface area (Å²) in [5, 5.41) is 13.3. The highest BCUT2D eigenvalue weighted by Crippen LogP contribution is 1.81. The molecule has 0 heterocycles. The molecule has 5 nitrogen and oxygen atoms in total. The first kappa shape index (κ1) is 12.4. The van der Waals surface area contributed by atoms with Gasteiger partial charge in [0.1, 0.15) is 6.42 Å². The Labute approximate surface area is 83.5 Å². The molecule has 0 aliphatic heterocycles. The summed E-state index contributed by atoms with van der Waals surface area (Å²) in [5.74, 6) is -0.417. The van der Waals surface area contributed by atoms with Gasteiger partial charge >= 0.3 is 0 Å². The molecular formula is C9H15N3O2. The second-order valence-corrected chi connectivity index (χ2v) is 2.78. The smallest absolute Gasteiger partial charge is 0.234 e. The molecule has 0 atom stereocenters. The van der Waals surface area contributed by atoms with Crippen LogP contribution in [0, 0.1) is 11.3 Å². The molecule has 0 spiro atoms. The van der Waals surface area contributed by atoms with Crippen molar-refractivity contribution >= 4 is 11.8 Å². The van der Waals surface area contributed by atoms with Gasteiger partial charge in [-0.1, -0.05) is 6.92 Å². The van der Waals surface area contributed by atoms with E-state index in [0.29, 0.717) is 6.54 Å².